The smallest absolute Gasteiger partial charge is 0.347 e. The molecule has 3 rings (SSSR count). The van der Waals surface area contributed by atoms with Crippen molar-refractivity contribution in [1.29, 1.82) is 0 Å². The van der Waals surface area contributed by atoms with Crippen LogP contribution in [-0.2, 0) is 0 Å². The van der Waals surface area contributed by atoms with Crippen molar-refractivity contribution in [2.75, 3.05) is 0 Å². The van der Waals surface area contributed by atoms with E-state index in [9.17, 15) is 9.59 Å². The highest BCUT2D eigenvalue weighted by molar-refractivity contribution is 6.31. The molecule has 0 radical (unpaired) electrons. The molecule has 3 aromatic rings. The number of esters is 2. The van der Waals surface area contributed by atoms with Gasteiger partial charge in [-0.1, -0.05) is 47.5 Å². The van der Waals surface area contributed by atoms with E-state index in [1.165, 1.54) is 24.3 Å². The monoisotopic (exact) mass is 386 g/mol. The Balaban J connectivity index is 1.86. The number of carbonyl (C=O) groups is 2. The van der Waals surface area contributed by atoms with Crippen molar-refractivity contribution in [3.63, 3.8) is 0 Å². The normalized spacial score (nSPS) is 10.2. The minimum Gasteiger partial charge on any atom is -0.423 e. The minimum absolute atomic E-state index is 0.0294. The third-order valence-corrected chi connectivity index (χ3v) is 3.85. The fraction of sp³-hybridized carbons (Fsp3) is 0. The van der Waals surface area contributed by atoms with E-state index in [4.69, 9.17) is 32.7 Å². The molecule has 0 aromatic heterocycles. The summed E-state index contributed by atoms with van der Waals surface area (Å²) < 4.78 is 10.6. The van der Waals surface area contributed by atoms with Gasteiger partial charge in [0.1, 0.15) is 17.1 Å². The number of ether oxygens (including phenoxy) is 2. The highest BCUT2D eigenvalue weighted by Crippen LogP contribution is 2.26. The van der Waals surface area contributed by atoms with Crippen LogP contribution >= 0.6 is 23.2 Å². The zero-order valence-corrected chi connectivity index (χ0v) is 14.8. The molecule has 0 heterocycles. The molecular formula is C20H12Cl2O4. The summed E-state index contributed by atoms with van der Waals surface area (Å²) >= 11 is 11.9. The van der Waals surface area contributed by atoms with Crippen molar-refractivity contribution in [2.24, 2.45) is 0 Å². The molecule has 6 heteroatoms. The van der Waals surface area contributed by atoms with Crippen LogP contribution in [0.25, 0.3) is 0 Å². The zero-order chi connectivity index (χ0) is 18.5. The SMILES string of the molecule is O=C(Oc1ccc(Cl)cc1C(=O)Oc1cccc(Cl)c1)c1ccccc1. The summed E-state index contributed by atoms with van der Waals surface area (Å²) in [4.78, 5) is 24.8. The summed E-state index contributed by atoms with van der Waals surface area (Å²) in [5.74, 6) is -0.992. The summed E-state index contributed by atoms with van der Waals surface area (Å²) in [5.41, 5.74) is 0.387. The zero-order valence-electron chi connectivity index (χ0n) is 13.3. The average Bonchev–Trinajstić information content (AvgIpc) is 2.64. The van der Waals surface area contributed by atoms with Crippen molar-refractivity contribution < 1.29 is 19.1 Å². The van der Waals surface area contributed by atoms with Crippen molar-refractivity contribution in [2.45, 2.75) is 0 Å². The molecule has 0 spiro atoms. The van der Waals surface area contributed by atoms with E-state index >= 15 is 0 Å². The topological polar surface area (TPSA) is 52.6 Å². The standard InChI is InChI=1S/C20H12Cl2O4/c21-14-7-4-8-16(11-14)25-20(24)17-12-15(22)9-10-18(17)26-19(23)13-5-2-1-3-6-13/h1-12H. The molecule has 0 N–H and O–H groups in total. The predicted octanol–water partition coefficient (Wildman–Crippen LogP) is 5.43. The molecule has 4 nitrogen and oxygen atoms in total. The Hall–Kier alpha value is -2.82. The number of hydrogen-bond acceptors (Lipinski definition) is 4. The van der Waals surface area contributed by atoms with Gasteiger partial charge in [0.15, 0.2) is 0 Å². The van der Waals surface area contributed by atoms with Gasteiger partial charge >= 0.3 is 11.9 Å². The van der Waals surface area contributed by atoms with Crippen molar-refractivity contribution in [3.05, 3.63) is 94.0 Å². The Labute approximate surface area is 159 Å². The van der Waals surface area contributed by atoms with E-state index in [2.05, 4.69) is 0 Å². The summed E-state index contributed by atoms with van der Waals surface area (Å²) in [6.45, 7) is 0. The first-order valence-electron chi connectivity index (χ1n) is 7.57. The second-order valence-electron chi connectivity index (χ2n) is 5.24. The van der Waals surface area contributed by atoms with Crippen molar-refractivity contribution in [1.82, 2.24) is 0 Å². The first-order valence-corrected chi connectivity index (χ1v) is 8.33. The van der Waals surface area contributed by atoms with Crippen LogP contribution in [0.15, 0.2) is 72.8 Å². The van der Waals surface area contributed by atoms with Crippen LogP contribution in [-0.4, -0.2) is 11.9 Å². The minimum atomic E-state index is -0.717. The highest BCUT2D eigenvalue weighted by atomic mass is 35.5. The lowest BCUT2D eigenvalue weighted by Gasteiger charge is -2.10. The Morgan fingerprint density at radius 3 is 2.15 bits per heavy atom. The predicted molar refractivity (Wildman–Crippen MR) is 99.3 cm³/mol. The van der Waals surface area contributed by atoms with Crippen LogP contribution in [0.4, 0.5) is 0 Å². The first-order chi connectivity index (χ1) is 12.5. The maximum absolute atomic E-state index is 12.5. The maximum Gasteiger partial charge on any atom is 0.347 e. The van der Waals surface area contributed by atoms with E-state index in [0.29, 0.717) is 15.6 Å². The van der Waals surface area contributed by atoms with Crippen LogP contribution in [0.3, 0.4) is 0 Å². The summed E-state index contributed by atoms with van der Waals surface area (Å²) in [6, 6.07) is 19.2. The fourth-order valence-corrected chi connectivity index (χ4v) is 2.53. The van der Waals surface area contributed by atoms with Crippen LogP contribution in [0.2, 0.25) is 10.0 Å². The Bertz CT molecular complexity index is 955. The molecule has 0 amide bonds. The van der Waals surface area contributed by atoms with Gasteiger partial charge in [-0.15, -0.1) is 0 Å². The molecule has 0 fully saturated rings. The molecule has 0 saturated carbocycles. The molecule has 130 valence electrons. The van der Waals surface area contributed by atoms with E-state index < -0.39 is 11.9 Å². The first kappa shape index (κ1) is 18.0. The van der Waals surface area contributed by atoms with Gasteiger partial charge in [0.25, 0.3) is 0 Å². The number of benzene rings is 3. The molecule has 0 bridgehead atoms. The average molecular weight is 387 g/mol. The van der Waals surface area contributed by atoms with Gasteiger partial charge in [0, 0.05) is 10.0 Å². The van der Waals surface area contributed by atoms with Gasteiger partial charge in [-0.05, 0) is 48.5 Å². The second-order valence-corrected chi connectivity index (χ2v) is 6.12. The van der Waals surface area contributed by atoms with Crippen LogP contribution in [0, 0.1) is 0 Å². The second kappa shape index (κ2) is 8.04. The Morgan fingerprint density at radius 2 is 1.42 bits per heavy atom. The highest BCUT2D eigenvalue weighted by Gasteiger charge is 2.19. The van der Waals surface area contributed by atoms with Crippen molar-refractivity contribution in [3.8, 4) is 11.5 Å². The molecule has 0 saturated heterocycles. The lowest BCUT2D eigenvalue weighted by atomic mass is 10.2. The number of halogens is 2. The maximum atomic E-state index is 12.5. The lowest BCUT2D eigenvalue weighted by molar-refractivity contribution is 0.0707. The number of rotatable bonds is 4. The van der Waals surface area contributed by atoms with Gasteiger partial charge in [0.05, 0.1) is 5.56 Å². The molecule has 0 unspecified atom stereocenters. The van der Waals surface area contributed by atoms with Gasteiger partial charge in [-0.3, -0.25) is 0 Å². The van der Waals surface area contributed by atoms with Crippen LogP contribution in [0.5, 0.6) is 11.5 Å². The lowest BCUT2D eigenvalue weighted by Crippen LogP contribution is -2.14. The van der Waals surface area contributed by atoms with E-state index in [1.54, 1.807) is 48.5 Å². The van der Waals surface area contributed by atoms with Crippen LogP contribution in [0.1, 0.15) is 20.7 Å². The third kappa shape index (κ3) is 4.42. The molecule has 0 aliphatic rings. The van der Waals surface area contributed by atoms with E-state index in [0.717, 1.165) is 0 Å². The van der Waals surface area contributed by atoms with Crippen molar-refractivity contribution >= 4 is 35.1 Å². The summed E-state index contributed by atoms with van der Waals surface area (Å²) in [7, 11) is 0. The van der Waals surface area contributed by atoms with E-state index in [1.807, 2.05) is 0 Å². The summed E-state index contributed by atoms with van der Waals surface area (Å²) in [5, 5.41) is 0.736. The fourth-order valence-electron chi connectivity index (χ4n) is 2.18. The quantitative estimate of drug-likeness (QED) is 0.442. The molecule has 26 heavy (non-hydrogen) atoms. The Morgan fingerprint density at radius 1 is 0.692 bits per heavy atom. The molecular weight excluding hydrogens is 375 g/mol. The molecule has 0 aliphatic carbocycles. The molecule has 3 aromatic carbocycles. The number of hydrogen-bond donors (Lipinski definition) is 0. The van der Waals surface area contributed by atoms with Gasteiger partial charge < -0.3 is 9.47 Å². The van der Waals surface area contributed by atoms with Gasteiger partial charge in [0.2, 0.25) is 0 Å². The van der Waals surface area contributed by atoms with Gasteiger partial charge in [-0.25, -0.2) is 9.59 Å². The molecule has 0 atom stereocenters. The Kier molecular flexibility index (Phi) is 5.56. The molecule has 0 aliphatic heterocycles. The largest absolute Gasteiger partial charge is 0.423 e. The number of carbonyl (C=O) groups excluding carboxylic acids is 2. The third-order valence-electron chi connectivity index (χ3n) is 3.38. The van der Waals surface area contributed by atoms with E-state index in [-0.39, 0.29) is 17.1 Å². The summed E-state index contributed by atoms with van der Waals surface area (Å²) in [6.07, 6.45) is 0. The van der Waals surface area contributed by atoms with Crippen LogP contribution < -0.4 is 9.47 Å². The van der Waals surface area contributed by atoms with Gasteiger partial charge in [-0.2, -0.15) is 0 Å².